The Bertz CT molecular complexity index is 402. The molecule has 1 saturated heterocycles. The summed E-state index contributed by atoms with van der Waals surface area (Å²) >= 11 is 0. The van der Waals surface area contributed by atoms with Crippen LogP contribution in [-0.2, 0) is 14.9 Å². The van der Waals surface area contributed by atoms with E-state index in [1.54, 1.807) is 0 Å². The van der Waals surface area contributed by atoms with Gasteiger partial charge in [0.1, 0.15) is 6.10 Å². The predicted molar refractivity (Wildman–Crippen MR) is 60.6 cm³/mol. The lowest BCUT2D eigenvalue weighted by molar-refractivity contribution is -0.124. The fourth-order valence-corrected chi connectivity index (χ4v) is 1.55. The normalized spacial score (nSPS) is 20.5. The van der Waals surface area contributed by atoms with Crippen molar-refractivity contribution in [1.82, 2.24) is 10.2 Å². The lowest BCUT2D eigenvalue weighted by Crippen LogP contribution is -2.26. The average molecular weight is 239 g/mol. The molecule has 1 atom stereocenters. The number of hydrogen-bond acceptors (Lipinski definition) is 5. The van der Waals surface area contributed by atoms with Crippen molar-refractivity contribution in [3.05, 3.63) is 5.89 Å². The molecule has 1 aromatic rings. The second-order valence-corrected chi connectivity index (χ2v) is 5.15. The first-order chi connectivity index (χ1) is 7.97. The molecule has 1 fully saturated rings. The van der Waals surface area contributed by atoms with E-state index in [0.717, 1.165) is 12.8 Å². The monoisotopic (exact) mass is 239 g/mol. The molecule has 94 valence electrons. The number of carbonyl (C=O) groups is 1. The first-order valence-corrected chi connectivity index (χ1v) is 5.73. The Hall–Kier alpha value is -1.43. The molecule has 1 aromatic heterocycles. The molecule has 0 saturated carbocycles. The lowest BCUT2D eigenvalue weighted by atomic mass is 9.97. The van der Waals surface area contributed by atoms with E-state index in [4.69, 9.17) is 9.15 Å². The standard InChI is InChI=1S/C11H17N3O3/c1-11(2,3)9-13-14-10(17-9)12-8(15)7-5-4-6-16-7/h7H,4-6H2,1-3H3,(H,12,14,15). The minimum atomic E-state index is -0.389. The van der Waals surface area contributed by atoms with Gasteiger partial charge in [-0.25, -0.2) is 0 Å². The van der Waals surface area contributed by atoms with Gasteiger partial charge in [-0.1, -0.05) is 25.9 Å². The van der Waals surface area contributed by atoms with E-state index < -0.39 is 0 Å². The van der Waals surface area contributed by atoms with Crippen LogP contribution < -0.4 is 5.32 Å². The third kappa shape index (κ3) is 2.82. The van der Waals surface area contributed by atoms with Crippen LogP contribution in [0.2, 0.25) is 0 Å². The summed E-state index contributed by atoms with van der Waals surface area (Å²) in [6, 6.07) is 0.135. The zero-order valence-electron chi connectivity index (χ0n) is 10.3. The van der Waals surface area contributed by atoms with Crippen molar-refractivity contribution in [3.63, 3.8) is 0 Å². The highest BCUT2D eigenvalue weighted by molar-refractivity contribution is 5.92. The van der Waals surface area contributed by atoms with E-state index in [1.807, 2.05) is 20.8 Å². The van der Waals surface area contributed by atoms with Gasteiger partial charge < -0.3 is 9.15 Å². The molecule has 0 bridgehead atoms. The molecule has 6 nitrogen and oxygen atoms in total. The number of hydrogen-bond donors (Lipinski definition) is 1. The van der Waals surface area contributed by atoms with Gasteiger partial charge in [-0.3, -0.25) is 10.1 Å². The van der Waals surface area contributed by atoms with Crippen molar-refractivity contribution in [2.75, 3.05) is 11.9 Å². The van der Waals surface area contributed by atoms with Gasteiger partial charge >= 0.3 is 6.01 Å². The van der Waals surface area contributed by atoms with Crippen molar-refractivity contribution in [3.8, 4) is 0 Å². The molecule has 1 N–H and O–H groups in total. The van der Waals surface area contributed by atoms with Crippen molar-refractivity contribution in [2.45, 2.75) is 45.1 Å². The summed E-state index contributed by atoms with van der Waals surface area (Å²) in [6.45, 7) is 6.53. The molecule has 0 spiro atoms. The van der Waals surface area contributed by atoms with Crippen LogP contribution >= 0.6 is 0 Å². The molecule has 1 aliphatic rings. The summed E-state index contributed by atoms with van der Waals surface area (Å²) in [7, 11) is 0. The highest BCUT2D eigenvalue weighted by atomic mass is 16.5. The van der Waals surface area contributed by atoms with Gasteiger partial charge in [-0.05, 0) is 12.8 Å². The van der Waals surface area contributed by atoms with Crippen LogP contribution in [0.25, 0.3) is 0 Å². The number of aromatic nitrogens is 2. The SMILES string of the molecule is CC(C)(C)c1nnc(NC(=O)C2CCCO2)o1. The molecular weight excluding hydrogens is 222 g/mol. The van der Waals surface area contributed by atoms with Gasteiger partial charge in [0.25, 0.3) is 5.91 Å². The van der Waals surface area contributed by atoms with E-state index in [1.165, 1.54) is 0 Å². The van der Waals surface area contributed by atoms with Gasteiger partial charge in [0.2, 0.25) is 5.89 Å². The van der Waals surface area contributed by atoms with Crippen molar-refractivity contribution in [1.29, 1.82) is 0 Å². The minimum Gasteiger partial charge on any atom is -0.407 e. The van der Waals surface area contributed by atoms with E-state index in [9.17, 15) is 4.79 Å². The molecule has 6 heteroatoms. The molecule has 17 heavy (non-hydrogen) atoms. The number of nitrogens with one attached hydrogen (secondary N) is 1. The van der Waals surface area contributed by atoms with Crippen LogP contribution in [0.1, 0.15) is 39.5 Å². The molecule has 1 aliphatic heterocycles. The fraction of sp³-hybridized carbons (Fsp3) is 0.727. The van der Waals surface area contributed by atoms with Crippen LogP contribution in [0.4, 0.5) is 6.01 Å². The quantitative estimate of drug-likeness (QED) is 0.845. The summed E-state index contributed by atoms with van der Waals surface area (Å²) in [6.07, 6.45) is 1.27. The van der Waals surface area contributed by atoms with Crippen LogP contribution in [0, 0.1) is 0 Å². The summed E-state index contributed by atoms with van der Waals surface area (Å²) in [5.74, 6) is 0.284. The fourth-order valence-electron chi connectivity index (χ4n) is 1.55. The van der Waals surface area contributed by atoms with Gasteiger partial charge in [0, 0.05) is 12.0 Å². The number of ether oxygens (including phenoxy) is 1. The minimum absolute atomic E-state index is 0.135. The Balaban J connectivity index is 1.99. The maximum Gasteiger partial charge on any atom is 0.322 e. The summed E-state index contributed by atoms with van der Waals surface area (Å²) in [5.41, 5.74) is -0.222. The first kappa shape index (κ1) is 12.0. The number of amides is 1. The zero-order chi connectivity index (χ0) is 12.5. The van der Waals surface area contributed by atoms with Crippen molar-refractivity contribution in [2.24, 2.45) is 0 Å². The molecule has 1 amide bonds. The van der Waals surface area contributed by atoms with Gasteiger partial charge in [0.15, 0.2) is 0 Å². The summed E-state index contributed by atoms with van der Waals surface area (Å²) in [4.78, 5) is 11.7. The van der Waals surface area contributed by atoms with Crippen LogP contribution in [-0.4, -0.2) is 28.8 Å². The summed E-state index contributed by atoms with van der Waals surface area (Å²) in [5, 5.41) is 10.3. The largest absolute Gasteiger partial charge is 0.407 e. The number of rotatable bonds is 2. The summed E-state index contributed by atoms with van der Waals surface area (Å²) < 4.78 is 10.6. The topological polar surface area (TPSA) is 77.2 Å². The van der Waals surface area contributed by atoms with E-state index in [2.05, 4.69) is 15.5 Å². The Morgan fingerprint density at radius 1 is 1.41 bits per heavy atom. The molecule has 1 unspecified atom stereocenters. The lowest BCUT2D eigenvalue weighted by Gasteiger charge is -2.11. The molecular formula is C11H17N3O3. The maximum atomic E-state index is 11.7. The predicted octanol–water partition coefficient (Wildman–Crippen LogP) is 1.48. The molecule has 0 radical (unpaired) electrons. The van der Waals surface area contributed by atoms with Crippen LogP contribution in [0.15, 0.2) is 4.42 Å². The van der Waals surface area contributed by atoms with E-state index in [-0.39, 0.29) is 23.4 Å². The molecule has 2 rings (SSSR count). The van der Waals surface area contributed by atoms with E-state index in [0.29, 0.717) is 12.5 Å². The Morgan fingerprint density at radius 2 is 2.18 bits per heavy atom. The first-order valence-electron chi connectivity index (χ1n) is 5.73. The van der Waals surface area contributed by atoms with E-state index >= 15 is 0 Å². The second kappa shape index (κ2) is 4.44. The Kier molecular flexibility index (Phi) is 3.15. The highest BCUT2D eigenvalue weighted by Gasteiger charge is 2.26. The Morgan fingerprint density at radius 3 is 2.71 bits per heavy atom. The third-order valence-corrected chi connectivity index (χ3v) is 2.52. The molecule has 0 aromatic carbocycles. The van der Waals surface area contributed by atoms with Gasteiger partial charge in [-0.2, -0.15) is 0 Å². The van der Waals surface area contributed by atoms with Crippen LogP contribution in [0.3, 0.4) is 0 Å². The second-order valence-electron chi connectivity index (χ2n) is 5.15. The highest BCUT2D eigenvalue weighted by Crippen LogP contribution is 2.22. The van der Waals surface area contributed by atoms with Crippen molar-refractivity contribution < 1.29 is 13.9 Å². The average Bonchev–Trinajstić information content (AvgIpc) is 2.85. The van der Waals surface area contributed by atoms with Crippen molar-refractivity contribution >= 4 is 11.9 Å². The Labute approximate surface area is 99.7 Å². The zero-order valence-corrected chi connectivity index (χ0v) is 10.3. The number of carbonyl (C=O) groups excluding carboxylic acids is 1. The molecule has 0 aliphatic carbocycles. The number of anilines is 1. The van der Waals surface area contributed by atoms with Gasteiger partial charge in [0.05, 0.1) is 0 Å². The van der Waals surface area contributed by atoms with Gasteiger partial charge in [-0.15, -0.1) is 5.10 Å². The molecule has 2 heterocycles. The van der Waals surface area contributed by atoms with Crippen LogP contribution in [0.5, 0.6) is 0 Å². The third-order valence-electron chi connectivity index (χ3n) is 2.52. The smallest absolute Gasteiger partial charge is 0.322 e. The maximum absolute atomic E-state index is 11.7. The number of nitrogens with zero attached hydrogens (tertiary/aromatic N) is 2.